The van der Waals surface area contributed by atoms with Gasteiger partial charge < -0.3 is 17.1 Å². The first-order valence-corrected chi connectivity index (χ1v) is 6.01. The summed E-state index contributed by atoms with van der Waals surface area (Å²) in [5, 5.41) is 2.59. The van der Waals surface area contributed by atoms with Crippen LogP contribution in [0.15, 0.2) is 48.7 Å². The van der Waals surface area contributed by atoms with Gasteiger partial charge in [-0.2, -0.15) is 0 Å². The van der Waals surface area contributed by atoms with Crippen LogP contribution in [-0.4, -0.2) is 6.36 Å². The molecule has 3 aromatic rings. The van der Waals surface area contributed by atoms with Crippen LogP contribution in [0.25, 0.3) is 21.7 Å². The fourth-order valence-corrected chi connectivity index (χ4v) is 2.37. The zero-order valence-corrected chi connectivity index (χ0v) is 11.7. The van der Waals surface area contributed by atoms with Crippen molar-refractivity contribution in [1.29, 1.82) is 0 Å². The minimum Gasteiger partial charge on any atom is -1.00 e. The molecule has 2 nitrogen and oxygen atoms in total. The molecule has 0 atom stereocenters. The standard InChI is InChI=1S/C15H11F3NO.ClH/c1-19-9-10-4-2-3-5-12(10)13-8-11(6-7-14(13)19)20-15(16,17)18;/h2-9H,1H3;1H/q+1;/p-1. The van der Waals surface area contributed by atoms with E-state index in [0.717, 1.165) is 21.7 Å². The number of rotatable bonds is 1. The monoisotopic (exact) mass is 313 g/mol. The SMILES string of the molecule is C[n+]1cc2ccccc2c2cc(OC(F)(F)F)ccc21.[Cl-]. The molecule has 0 radical (unpaired) electrons. The van der Waals surface area contributed by atoms with E-state index in [1.165, 1.54) is 12.1 Å². The van der Waals surface area contributed by atoms with Crippen molar-refractivity contribution >= 4 is 21.7 Å². The number of pyridine rings is 1. The van der Waals surface area contributed by atoms with Gasteiger partial charge in [0.15, 0.2) is 6.20 Å². The summed E-state index contributed by atoms with van der Waals surface area (Å²) in [6.07, 6.45) is -2.73. The fraction of sp³-hybridized carbons (Fsp3) is 0.133. The van der Waals surface area contributed by atoms with E-state index in [2.05, 4.69) is 4.74 Å². The summed E-state index contributed by atoms with van der Waals surface area (Å²) in [7, 11) is 1.86. The van der Waals surface area contributed by atoms with E-state index < -0.39 is 6.36 Å². The Kier molecular flexibility index (Phi) is 3.96. The topological polar surface area (TPSA) is 13.1 Å². The Bertz CT molecular complexity index is 802. The molecule has 0 spiro atoms. The summed E-state index contributed by atoms with van der Waals surface area (Å²) in [5.41, 5.74) is 0.846. The lowest BCUT2D eigenvalue weighted by atomic mass is 10.1. The lowest BCUT2D eigenvalue weighted by Crippen LogP contribution is -3.00. The van der Waals surface area contributed by atoms with Crippen molar-refractivity contribution in [2.75, 3.05) is 0 Å². The first kappa shape index (κ1) is 15.4. The fourth-order valence-electron chi connectivity index (χ4n) is 2.37. The molecule has 110 valence electrons. The molecule has 0 fully saturated rings. The number of hydrogen-bond acceptors (Lipinski definition) is 1. The van der Waals surface area contributed by atoms with Crippen LogP contribution in [0.4, 0.5) is 13.2 Å². The average Bonchev–Trinajstić information content (AvgIpc) is 2.37. The minimum absolute atomic E-state index is 0. The second kappa shape index (κ2) is 5.41. The van der Waals surface area contributed by atoms with Crippen LogP contribution in [0, 0.1) is 0 Å². The first-order chi connectivity index (χ1) is 9.44. The maximum atomic E-state index is 12.3. The lowest BCUT2D eigenvalue weighted by molar-refractivity contribution is -0.643. The molecular formula is C15H11ClF3NO. The van der Waals surface area contributed by atoms with Gasteiger partial charge in [-0.25, -0.2) is 4.57 Å². The van der Waals surface area contributed by atoms with Crippen molar-refractivity contribution in [3.8, 4) is 5.75 Å². The van der Waals surface area contributed by atoms with E-state index >= 15 is 0 Å². The van der Waals surface area contributed by atoms with Crippen molar-refractivity contribution in [3.05, 3.63) is 48.7 Å². The van der Waals surface area contributed by atoms with Gasteiger partial charge in [-0.3, -0.25) is 0 Å². The summed E-state index contributed by atoms with van der Waals surface area (Å²) in [4.78, 5) is 0. The zero-order chi connectivity index (χ0) is 14.3. The Labute approximate surface area is 125 Å². The molecule has 0 unspecified atom stereocenters. The highest BCUT2D eigenvalue weighted by molar-refractivity contribution is 6.04. The average molecular weight is 314 g/mol. The van der Waals surface area contributed by atoms with Crippen LogP contribution in [0.3, 0.4) is 0 Å². The van der Waals surface area contributed by atoms with E-state index in [-0.39, 0.29) is 18.2 Å². The number of alkyl halides is 3. The maximum absolute atomic E-state index is 12.3. The molecule has 0 saturated heterocycles. The van der Waals surface area contributed by atoms with Gasteiger partial charge in [0.25, 0.3) is 0 Å². The van der Waals surface area contributed by atoms with E-state index in [9.17, 15) is 13.2 Å². The molecule has 0 amide bonds. The molecule has 6 heteroatoms. The molecule has 0 N–H and O–H groups in total. The Morgan fingerprint density at radius 2 is 1.71 bits per heavy atom. The van der Waals surface area contributed by atoms with Crippen molar-refractivity contribution < 1.29 is 34.9 Å². The number of benzene rings is 2. The van der Waals surface area contributed by atoms with Gasteiger partial charge >= 0.3 is 6.36 Å². The third-order valence-electron chi connectivity index (χ3n) is 3.17. The second-order valence-electron chi connectivity index (χ2n) is 4.55. The quantitative estimate of drug-likeness (QED) is 0.477. The highest BCUT2D eigenvalue weighted by atomic mass is 35.5. The summed E-state index contributed by atoms with van der Waals surface area (Å²) < 4.78 is 42.8. The van der Waals surface area contributed by atoms with Crippen molar-refractivity contribution in [3.63, 3.8) is 0 Å². The van der Waals surface area contributed by atoms with Crippen LogP contribution in [-0.2, 0) is 7.05 Å². The molecule has 0 aliphatic carbocycles. The summed E-state index contributed by atoms with van der Waals surface area (Å²) in [6.45, 7) is 0. The summed E-state index contributed by atoms with van der Waals surface area (Å²) in [6, 6.07) is 11.9. The third kappa shape index (κ3) is 3.03. The smallest absolute Gasteiger partial charge is 0.573 e. The van der Waals surface area contributed by atoms with Crippen LogP contribution < -0.4 is 21.7 Å². The van der Waals surface area contributed by atoms with Gasteiger partial charge in [0.05, 0.1) is 5.39 Å². The zero-order valence-electron chi connectivity index (χ0n) is 11.0. The molecule has 0 aliphatic heterocycles. The number of aryl methyl sites for hydroxylation is 1. The number of ether oxygens (including phenoxy) is 1. The molecule has 21 heavy (non-hydrogen) atoms. The maximum Gasteiger partial charge on any atom is 0.573 e. The van der Waals surface area contributed by atoms with Gasteiger partial charge in [0, 0.05) is 16.8 Å². The van der Waals surface area contributed by atoms with E-state index in [1.54, 1.807) is 6.07 Å². The number of fused-ring (bicyclic) bond motifs is 3. The second-order valence-corrected chi connectivity index (χ2v) is 4.55. The van der Waals surface area contributed by atoms with Crippen LogP contribution in [0.2, 0.25) is 0 Å². The first-order valence-electron chi connectivity index (χ1n) is 6.01. The molecule has 0 saturated carbocycles. The molecular weight excluding hydrogens is 303 g/mol. The molecule has 2 aromatic carbocycles. The molecule has 1 aromatic heterocycles. The summed E-state index contributed by atoms with van der Waals surface area (Å²) >= 11 is 0. The lowest BCUT2D eigenvalue weighted by Gasteiger charge is -2.09. The highest BCUT2D eigenvalue weighted by Gasteiger charge is 2.31. The third-order valence-corrected chi connectivity index (χ3v) is 3.17. The highest BCUT2D eigenvalue weighted by Crippen LogP contribution is 2.29. The predicted molar refractivity (Wildman–Crippen MR) is 69.3 cm³/mol. The van der Waals surface area contributed by atoms with E-state index in [0.29, 0.717) is 0 Å². The Hall–Kier alpha value is -2.01. The number of nitrogens with zero attached hydrogens (tertiary/aromatic N) is 1. The predicted octanol–water partition coefficient (Wildman–Crippen LogP) is 0.720. The molecule has 0 aliphatic rings. The number of halogens is 4. The van der Waals surface area contributed by atoms with E-state index in [4.69, 9.17) is 0 Å². The van der Waals surface area contributed by atoms with Crippen LogP contribution >= 0.6 is 0 Å². The normalized spacial score (nSPS) is 11.4. The van der Waals surface area contributed by atoms with Gasteiger partial charge in [-0.05, 0) is 18.2 Å². The van der Waals surface area contributed by atoms with Crippen molar-refractivity contribution in [2.45, 2.75) is 6.36 Å². The summed E-state index contributed by atoms with van der Waals surface area (Å²) in [5.74, 6) is -0.207. The molecule has 1 heterocycles. The number of hydrogen-bond donors (Lipinski definition) is 0. The Balaban J connectivity index is 0.00000161. The van der Waals surface area contributed by atoms with E-state index in [1.807, 2.05) is 42.1 Å². The van der Waals surface area contributed by atoms with Crippen LogP contribution in [0.1, 0.15) is 0 Å². The van der Waals surface area contributed by atoms with Gasteiger partial charge in [-0.1, -0.05) is 18.2 Å². The van der Waals surface area contributed by atoms with Gasteiger partial charge in [-0.15, -0.1) is 13.2 Å². The van der Waals surface area contributed by atoms with Crippen molar-refractivity contribution in [1.82, 2.24) is 0 Å². The number of aromatic nitrogens is 1. The Morgan fingerprint density at radius 1 is 1.00 bits per heavy atom. The molecule has 0 bridgehead atoms. The Morgan fingerprint density at radius 3 is 2.43 bits per heavy atom. The van der Waals surface area contributed by atoms with Gasteiger partial charge in [0.2, 0.25) is 5.52 Å². The minimum atomic E-state index is -4.68. The van der Waals surface area contributed by atoms with Gasteiger partial charge in [0.1, 0.15) is 12.8 Å². The van der Waals surface area contributed by atoms with Crippen LogP contribution in [0.5, 0.6) is 5.75 Å². The molecule has 3 rings (SSSR count). The van der Waals surface area contributed by atoms with Crippen molar-refractivity contribution in [2.24, 2.45) is 7.05 Å². The largest absolute Gasteiger partial charge is 1.00 e.